The first-order valence-corrected chi connectivity index (χ1v) is 6.13. The standard InChI is InChI=1S/C14H19N3O/c1-3-14(2,18)9-17-12-7-6-11(15)13-10(12)5-4-8-16-13/h4-8,17-18H,3,9,15H2,1-2H3. The number of hydrogen-bond donors (Lipinski definition) is 3. The molecule has 1 heterocycles. The topological polar surface area (TPSA) is 71.2 Å². The fourth-order valence-corrected chi connectivity index (χ4v) is 1.76. The number of anilines is 2. The van der Waals surface area contributed by atoms with Gasteiger partial charge in [0.05, 0.1) is 16.8 Å². The summed E-state index contributed by atoms with van der Waals surface area (Å²) in [6, 6.07) is 7.61. The van der Waals surface area contributed by atoms with Crippen molar-refractivity contribution in [2.75, 3.05) is 17.6 Å². The number of hydrogen-bond acceptors (Lipinski definition) is 4. The van der Waals surface area contributed by atoms with E-state index in [0.717, 1.165) is 16.6 Å². The zero-order chi connectivity index (χ0) is 13.2. The van der Waals surface area contributed by atoms with Gasteiger partial charge in [0.15, 0.2) is 0 Å². The van der Waals surface area contributed by atoms with Crippen molar-refractivity contribution < 1.29 is 5.11 Å². The third kappa shape index (κ3) is 2.54. The molecule has 0 aliphatic rings. The SMILES string of the molecule is CCC(C)(O)CNc1ccc(N)c2ncccc12. The Bertz CT molecular complexity index is 552. The van der Waals surface area contributed by atoms with Crippen LogP contribution in [0.25, 0.3) is 10.9 Å². The molecule has 0 bridgehead atoms. The van der Waals surface area contributed by atoms with Crippen LogP contribution >= 0.6 is 0 Å². The molecule has 18 heavy (non-hydrogen) atoms. The highest BCUT2D eigenvalue weighted by atomic mass is 16.3. The Labute approximate surface area is 107 Å². The molecule has 4 N–H and O–H groups in total. The van der Waals surface area contributed by atoms with Crippen LogP contribution in [0.5, 0.6) is 0 Å². The fourth-order valence-electron chi connectivity index (χ4n) is 1.76. The Hall–Kier alpha value is -1.81. The molecule has 1 atom stereocenters. The van der Waals surface area contributed by atoms with Crippen molar-refractivity contribution >= 4 is 22.3 Å². The molecule has 0 fully saturated rings. The average Bonchev–Trinajstić information content (AvgIpc) is 2.38. The summed E-state index contributed by atoms with van der Waals surface area (Å²) in [7, 11) is 0. The van der Waals surface area contributed by atoms with Gasteiger partial charge in [-0.1, -0.05) is 6.92 Å². The Balaban J connectivity index is 2.32. The van der Waals surface area contributed by atoms with Crippen LogP contribution in [0, 0.1) is 0 Å². The molecule has 0 radical (unpaired) electrons. The minimum Gasteiger partial charge on any atom is -0.397 e. The van der Waals surface area contributed by atoms with Crippen molar-refractivity contribution in [3.8, 4) is 0 Å². The number of aliphatic hydroxyl groups is 1. The number of nitrogen functional groups attached to an aromatic ring is 1. The van der Waals surface area contributed by atoms with Gasteiger partial charge in [-0.2, -0.15) is 0 Å². The fraction of sp³-hybridized carbons (Fsp3) is 0.357. The molecule has 0 amide bonds. The van der Waals surface area contributed by atoms with Crippen molar-refractivity contribution in [3.63, 3.8) is 0 Å². The van der Waals surface area contributed by atoms with Crippen LogP contribution in [0.15, 0.2) is 30.5 Å². The quantitative estimate of drug-likeness (QED) is 0.723. The molecule has 0 saturated carbocycles. The van der Waals surface area contributed by atoms with E-state index in [-0.39, 0.29) is 0 Å². The molecular weight excluding hydrogens is 226 g/mol. The minimum atomic E-state index is -0.712. The number of fused-ring (bicyclic) bond motifs is 1. The smallest absolute Gasteiger partial charge is 0.0951 e. The van der Waals surface area contributed by atoms with E-state index in [4.69, 9.17) is 5.73 Å². The number of nitrogens with one attached hydrogen (secondary N) is 1. The van der Waals surface area contributed by atoms with Gasteiger partial charge in [-0.3, -0.25) is 4.98 Å². The zero-order valence-corrected chi connectivity index (χ0v) is 10.8. The predicted molar refractivity (Wildman–Crippen MR) is 75.6 cm³/mol. The monoisotopic (exact) mass is 245 g/mol. The Kier molecular flexibility index (Phi) is 3.39. The predicted octanol–water partition coefficient (Wildman–Crippen LogP) is 2.39. The molecule has 1 unspecified atom stereocenters. The lowest BCUT2D eigenvalue weighted by molar-refractivity contribution is 0.0698. The van der Waals surface area contributed by atoms with Crippen molar-refractivity contribution in [1.82, 2.24) is 4.98 Å². The van der Waals surface area contributed by atoms with Crippen molar-refractivity contribution in [2.24, 2.45) is 0 Å². The minimum absolute atomic E-state index is 0.497. The second-order valence-electron chi connectivity index (χ2n) is 4.81. The molecule has 0 spiro atoms. The van der Waals surface area contributed by atoms with Gasteiger partial charge in [0.25, 0.3) is 0 Å². The van der Waals surface area contributed by atoms with Crippen molar-refractivity contribution in [1.29, 1.82) is 0 Å². The number of nitrogens with two attached hydrogens (primary N) is 1. The van der Waals surface area contributed by atoms with E-state index in [9.17, 15) is 5.11 Å². The van der Waals surface area contributed by atoms with Gasteiger partial charge in [0, 0.05) is 23.8 Å². The molecule has 2 aromatic rings. The molecule has 4 nitrogen and oxygen atoms in total. The normalized spacial score (nSPS) is 14.4. The average molecular weight is 245 g/mol. The first-order chi connectivity index (χ1) is 8.53. The molecule has 0 saturated heterocycles. The third-order valence-electron chi connectivity index (χ3n) is 3.22. The molecule has 4 heteroatoms. The van der Waals surface area contributed by atoms with E-state index in [1.807, 2.05) is 38.1 Å². The Morgan fingerprint density at radius 2 is 2.17 bits per heavy atom. The van der Waals surface area contributed by atoms with Gasteiger partial charge >= 0.3 is 0 Å². The van der Waals surface area contributed by atoms with Crippen LogP contribution in [-0.2, 0) is 0 Å². The largest absolute Gasteiger partial charge is 0.397 e. The van der Waals surface area contributed by atoms with Crippen LogP contribution in [-0.4, -0.2) is 22.2 Å². The van der Waals surface area contributed by atoms with E-state index in [1.165, 1.54) is 0 Å². The van der Waals surface area contributed by atoms with Gasteiger partial charge in [-0.25, -0.2) is 0 Å². The highest BCUT2D eigenvalue weighted by molar-refractivity contribution is 5.98. The van der Waals surface area contributed by atoms with E-state index in [1.54, 1.807) is 6.20 Å². The summed E-state index contributed by atoms with van der Waals surface area (Å²) in [4.78, 5) is 4.28. The second kappa shape index (κ2) is 4.82. The van der Waals surface area contributed by atoms with Gasteiger partial charge in [0.2, 0.25) is 0 Å². The van der Waals surface area contributed by atoms with Crippen molar-refractivity contribution in [3.05, 3.63) is 30.5 Å². The zero-order valence-electron chi connectivity index (χ0n) is 10.8. The van der Waals surface area contributed by atoms with Gasteiger partial charge in [-0.15, -0.1) is 0 Å². The number of aromatic nitrogens is 1. The summed E-state index contributed by atoms with van der Waals surface area (Å²) in [5.74, 6) is 0. The lowest BCUT2D eigenvalue weighted by atomic mass is 10.0. The number of nitrogens with zero attached hydrogens (tertiary/aromatic N) is 1. The molecule has 1 aromatic carbocycles. The number of pyridine rings is 1. The first-order valence-electron chi connectivity index (χ1n) is 6.13. The summed E-state index contributed by atoms with van der Waals surface area (Å²) in [5, 5.41) is 14.2. The molecule has 96 valence electrons. The first kappa shape index (κ1) is 12.6. The van der Waals surface area contributed by atoms with E-state index in [2.05, 4.69) is 10.3 Å². The van der Waals surface area contributed by atoms with E-state index in [0.29, 0.717) is 18.7 Å². The summed E-state index contributed by atoms with van der Waals surface area (Å²) >= 11 is 0. The van der Waals surface area contributed by atoms with Crippen LogP contribution in [0.2, 0.25) is 0 Å². The summed E-state index contributed by atoms with van der Waals surface area (Å²) in [6.45, 7) is 4.28. The van der Waals surface area contributed by atoms with Crippen LogP contribution in [0.3, 0.4) is 0 Å². The Morgan fingerprint density at radius 3 is 2.89 bits per heavy atom. The summed E-state index contributed by atoms with van der Waals surface area (Å²) in [5.41, 5.74) is 7.58. The van der Waals surface area contributed by atoms with Gasteiger partial charge in [-0.05, 0) is 37.6 Å². The molecule has 2 rings (SSSR count). The van der Waals surface area contributed by atoms with Crippen LogP contribution < -0.4 is 11.1 Å². The summed E-state index contributed by atoms with van der Waals surface area (Å²) in [6.07, 6.45) is 2.43. The number of rotatable bonds is 4. The van der Waals surface area contributed by atoms with E-state index < -0.39 is 5.60 Å². The maximum Gasteiger partial charge on any atom is 0.0951 e. The highest BCUT2D eigenvalue weighted by Crippen LogP contribution is 2.26. The van der Waals surface area contributed by atoms with Crippen molar-refractivity contribution in [2.45, 2.75) is 25.9 Å². The molecule has 1 aromatic heterocycles. The lowest BCUT2D eigenvalue weighted by Crippen LogP contribution is -2.32. The van der Waals surface area contributed by atoms with Crippen LogP contribution in [0.4, 0.5) is 11.4 Å². The second-order valence-corrected chi connectivity index (χ2v) is 4.81. The third-order valence-corrected chi connectivity index (χ3v) is 3.22. The molecule has 0 aliphatic carbocycles. The van der Waals surface area contributed by atoms with Gasteiger partial charge in [0.1, 0.15) is 0 Å². The summed E-state index contributed by atoms with van der Waals surface area (Å²) < 4.78 is 0. The number of benzene rings is 1. The maximum absolute atomic E-state index is 10.0. The van der Waals surface area contributed by atoms with Gasteiger partial charge < -0.3 is 16.2 Å². The molecule has 0 aliphatic heterocycles. The van der Waals surface area contributed by atoms with E-state index >= 15 is 0 Å². The maximum atomic E-state index is 10.0. The van der Waals surface area contributed by atoms with Crippen LogP contribution in [0.1, 0.15) is 20.3 Å². The Morgan fingerprint density at radius 1 is 1.39 bits per heavy atom. The molecular formula is C14H19N3O. The highest BCUT2D eigenvalue weighted by Gasteiger charge is 2.17. The lowest BCUT2D eigenvalue weighted by Gasteiger charge is -2.23.